The van der Waals surface area contributed by atoms with Crippen LogP contribution in [0.25, 0.3) is 0 Å². The lowest BCUT2D eigenvalue weighted by Crippen LogP contribution is -2.21. The van der Waals surface area contributed by atoms with Crippen LogP contribution in [0.4, 0.5) is 0 Å². The van der Waals surface area contributed by atoms with E-state index < -0.39 is 6.10 Å². The summed E-state index contributed by atoms with van der Waals surface area (Å²) in [5.74, 6) is -0.349. The van der Waals surface area contributed by atoms with Crippen LogP contribution in [0.1, 0.15) is 23.3 Å². The van der Waals surface area contributed by atoms with Gasteiger partial charge in [0.15, 0.2) is 0 Å². The lowest BCUT2D eigenvalue weighted by molar-refractivity contribution is 0.146. The average Bonchev–Trinajstić information content (AvgIpc) is 2.40. The van der Waals surface area contributed by atoms with Crippen molar-refractivity contribution < 1.29 is 5.11 Å². The van der Waals surface area contributed by atoms with Crippen LogP contribution in [0.3, 0.4) is 0 Å². The summed E-state index contributed by atoms with van der Waals surface area (Å²) in [5.41, 5.74) is 6.97. The van der Waals surface area contributed by atoms with Crippen LogP contribution in [-0.2, 0) is 0 Å². The molecule has 2 unspecified atom stereocenters. The Balaban J connectivity index is 2.39. The number of nitrogens with two attached hydrogens (primary N) is 1. The third-order valence-electron chi connectivity index (χ3n) is 3.00. The number of benzene rings is 1. The zero-order valence-corrected chi connectivity index (χ0v) is 11.6. The maximum absolute atomic E-state index is 10.5. The molecule has 0 spiro atoms. The summed E-state index contributed by atoms with van der Waals surface area (Å²) in [6.07, 6.45) is 0.778. The number of hydrogen-bond acceptors (Lipinski definition) is 3. The fourth-order valence-electron chi connectivity index (χ4n) is 2.00. The van der Waals surface area contributed by atoms with E-state index in [0.717, 1.165) is 0 Å². The molecule has 1 aromatic heterocycles. The second-order valence-corrected chi connectivity index (χ2v) is 4.99. The van der Waals surface area contributed by atoms with Crippen LogP contribution in [0, 0.1) is 0 Å². The van der Waals surface area contributed by atoms with Gasteiger partial charge in [-0.15, -0.1) is 0 Å². The van der Waals surface area contributed by atoms with Crippen LogP contribution in [0.5, 0.6) is 0 Å². The van der Waals surface area contributed by atoms with Crippen molar-refractivity contribution in [2.45, 2.75) is 12.0 Å². The van der Waals surface area contributed by atoms with Crippen molar-refractivity contribution in [3.63, 3.8) is 0 Å². The Labute approximate surface area is 122 Å². The molecule has 0 aliphatic carbocycles. The second kappa shape index (κ2) is 6.35. The summed E-state index contributed by atoms with van der Waals surface area (Å²) in [5, 5.41) is 11.4. The quantitative estimate of drug-likeness (QED) is 0.911. The number of halogens is 2. The van der Waals surface area contributed by atoms with Gasteiger partial charge < -0.3 is 10.8 Å². The molecule has 1 aromatic carbocycles. The first-order valence-corrected chi connectivity index (χ1v) is 6.63. The van der Waals surface area contributed by atoms with E-state index in [1.165, 1.54) is 0 Å². The molecule has 0 fully saturated rings. The van der Waals surface area contributed by atoms with Crippen LogP contribution in [0.15, 0.2) is 42.6 Å². The average molecular weight is 297 g/mol. The number of nitrogens with zero attached hydrogens (tertiary/aromatic N) is 1. The molecule has 0 amide bonds. The van der Waals surface area contributed by atoms with E-state index in [2.05, 4.69) is 4.98 Å². The van der Waals surface area contributed by atoms with Gasteiger partial charge >= 0.3 is 0 Å². The highest BCUT2D eigenvalue weighted by Crippen LogP contribution is 2.37. The summed E-state index contributed by atoms with van der Waals surface area (Å²) in [6, 6.07) is 10.6. The largest absolute Gasteiger partial charge is 0.388 e. The van der Waals surface area contributed by atoms with Crippen molar-refractivity contribution in [3.8, 4) is 0 Å². The number of aliphatic hydroxyl groups excluding tert-OH is 1. The Morgan fingerprint density at radius 2 is 1.79 bits per heavy atom. The summed E-state index contributed by atoms with van der Waals surface area (Å²) >= 11 is 12.2. The number of aromatic nitrogens is 1. The van der Waals surface area contributed by atoms with Gasteiger partial charge in [-0.3, -0.25) is 4.98 Å². The smallest absolute Gasteiger partial charge is 0.0914 e. The molecule has 5 heteroatoms. The van der Waals surface area contributed by atoms with Crippen molar-refractivity contribution in [1.29, 1.82) is 0 Å². The van der Waals surface area contributed by atoms with Crippen LogP contribution < -0.4 is 5.73 Å². The lowest BCUT2D eigenvalue weighted by atomic mass is 9.92. The molecule has 2 atom stereocenters. The highest BCUT2D eigenvalue weighted by molar-refractivity contribution is 6.36. The van der Waals surface area contributed by atoms with E-state index >= 15 is 0 Å². The number of pyridine rings is 1. The Kier molecular flexibility index (Phi) is 4.77. The van der Waals surface area contributed by atoms with E-state index in [1.807, 2.05) is 18.2 Å². The van der Waals surface area contributed by atoms with E-state index in [1.54, 1.807) is 24.4 Å². The molecule has 100 valence electrons. The lowest BCUT2D eigenvalue weighted by Gasteiger charge is -2.23. The highest BCUT2D eigenvalue weighted by atomic mass is 35.5. The third-order valence-corrected chi connectivity index (χ3v) is 3.66. The third kappa shape index (κ3) is 3.07. The SMILES string of the molecule is NCC(c1ccccn1)C(O)c1c(Cl)cccc1Cl. The minimum Gasteiger partial charge on any atom is -0.388 e. The minimum atomic E-state index is -0.888. The topological polar surface area (TPSA) is 59.1 Å². The van der Waals surface area contributed by atoms with Gasteiger partial charge in [0.1, 0.15) is 0 Å². The molecule has 3 N–H and O–H groups in total. The highest BCUT2D eigenvalue weighted by Gasteiger charge is 2.26. The molecular formula is C14H14Cl2N2O. The monoisotopic (exact) mass is 296 g/mol. The minimum absolute atomic E-state index is 0.250. The molecule has 0 radical (unpaired) electrons. The van der Waals surface area contributed by atoms with Gasteiger partial charge in [0.25, 0.3) is 0 Å². The molecule has 0 aliphatic heterocycles. The molecule has 0 aliphatic rings. The fourth-order valence-corrected chi connectivity index (χ4v) is 2.62. The molecule has 0 bridgehead atoms. The number of hydrogen-bond donors (Lipinski definition) is 2. The van der Waals surface area contributed by atoms with Gasteiger partial charge in [-0.05, 0) is 24.3 Å². The van der Waals surface area contributed by atoms with Crippen molar-refractivity contribution >= 4 is 23.2 Å². The van der Waals surface area contributed by atoms with Crippen molar-refractivity contribution in [1.82, 2.24) is 4.98 Å². The molecule has 0 saturated heterocycles. The standard InChI is InChI=1S/C14H14Cl2N2O/c15-10-4-3-5-11(16)13(10)14(19)9(8-17)12-6-1-2-7-18-12/h1-7,9,14,19H,8,17H2. The van der Waals surface area contributed by atoms with Crippen molar-refractivity contribution in [2.24, 2.45) is 5.73 Å². The second-order valence-electron chi connectivity index (χ2n) is 4.18. The van der Waals surface area contributed by atoms with Gasteiger partial charge in [0, 0.05) is 40.0 Å². The van der Waals surface area contributed by atoms with Crippen molar-refractivity contribution in [2.75, 3.05) is 6.54 Å². The molecule has 3 nitrogen and oxygen atoms in total. The number of rotatable bonds is 4. The Morgan fingerprint density at radius 3 is 2.32 bits per heavy atom. The summed E-state index contributed by atoms with van der Waals surface area (Å²) in [4.78, 5) is 4.23. The molecule has 2 aromatic rings. The maximum Gasteiger partial charge on any atom is 0.0914 e. The van der Waals surface area contributed by atoms with E-state index in [0.29, 0.717) is 21.3 Å². The van der Waals surface area contributed by atoms with Crippen LogP contribution in [-0.4, -0.2) is 16.6 Å². The van der Waals surface area contributed by atoms with E-state index in [-0.39, 0.29) is 12.5 Å². The Bertz CT molecular complexity index is 528. The van der Waals surface area contributed by atoms with Gasteiger partial charge in [0.05, 0.1) is 6.10 Å². The Morgan fingerprint density at radius 1 is 1.11 bits per heavy atom. The summed E-state index contributed by atoms with van der Waals surface area (Å²) < 4.78 is 0. The van der Waals surface area contributed by atoms with Gasteiger partial charge in [-0.25, -0.2) is 0 Å². The van der Waals surface area contributed by atoms with Gasteiger partial charge in [-0.2, -0.15) is 0 Å². The van der Waals surface area contributed by atoms with Crippen molar-refractivity contribution in [3.05, 3.63) is 63.9 Å². The summed E-state index contributed by atoms with van der Waals surface area (Å²) in [7, 11) is 0. The fraction of sp³-hybridized carbons (Fsp3) is 0.214. The van der Waals surface area contributed by atoms with Crippen LogP contribution in [0.2, 0.25) is 10.0 Å². The maximum atomic E-state index is 10.5. The number of aliphatic hydroxyl groups is 1. The van der Waals surface area contributed by atoms with Gasteiger partial charge in [-0.1, -0.05) is 35.3 Å². The van der Waals surface area contributed by atoms with Gasteiger partial charge in [0.2, 0.25) is 0 Å². The van der Waals surface area contributed by atoms with E-state index in [4.69, 9.17) is 28.9 Å². The molecule has 1 heterocycles. The summed E-state index contributed by atoms with van der Waals surface area (Å²) in [6.45, 7) is 0.250. The molecular weight excluding hydrogens is 283 g/mol. The predicted molar refractivity (Wildman–Crippen MR) is 77.5 cm³/mol. The van der Waals surface area contributed by atoms with Crippen LogP contribution >= 0.6 is 23.2 Å². The zero-order chi connectivity index (χ0) is 13.8. The first-order chi connectivity index (χ1) is 9.15. The predicted octanol–water partition coefficient (Wildman–Crippen LogP) is 3.16. The first-order valence-electron chi connectivity index (χ1n) is 5.88. The zero-order valence-electron chi connectivity index (χ0n) is 10.1. The van der Waals surface area contributed by atoms with E-state index in [9.17, 15) is 5.11 Å². The first kappa shape index (κ1) is 14.3. The normalized spacial score (nSPS) is 14.1. The molecule has 19 heavy (non-hydrogen) atoms. The molecule has 0 saturated carbocycles. The molecule has 2 rings (SSSR count). The Hall–Kier alpha value is -1.13.